The molecule has 1 aliphatic rings. The van der Waals surface area contributed by atoms with Gasteiger partial charge in [0.15, 0.2) is 6.61 Å². The number of hydrogen-bond donors (Lipinski definition) is 0. The molecule has 1 amide bonds. The van der Waals surface area contributed by atoms with E-state index < -0.39 is 5.97 Å². The number of piperazine rings is 1. The predicted octanol–water partition coefficient (Wildman–Crippen LogP) is 1.60. The number of esters is 1. The number of ether oxygens (including phenoxy) is 2. The van der Waals surface area contributed by atoms with Gasteiger partial charge in [0.1, 0.15) is 11.6 Å². The molecule has 0 aliphatic carbocycles. The summed E-state index contributed by atoms with van der Waals surface area (Å²) in [6.45, 7) is 2.55. The molecule has 2 heterocycles. The zero-order chi connectivity index (χ0) is 18.4. The summed E-state index contributed by atoms with van der Waals surface area (Å²) < 4.78 is 9.89. The Labute approximate surface area is 152 Å². The molecule has 0 radical (unpaired) electrons. The monoisotopic (exact) mass is 355 g/mol. The molecule has 1 saturated heterocycles. The summed E-state index contributed by atoms with van der Waals surface area (Å²) >= 11 is 0. The van der Waals surface area contributed by atoms with Gasteiger partial charge in [-0.2, -0.15) is 0 Å². The van der Waals surface area contributed by atoms with Gasteiger partial charge in [-0.1, -0.05) is 12.1 Å². The largest absolute Gasteiger partial charge is 0.482 e. The molecule has 1 aliphatic heterocycles. The summed E-state index contributed by atoms with van der Waals surface area (Å²) in [6.07, 6.45) is 1.77. The van der Waals surface area contributed by atoms with Gasteiger partial charge in [0.05, 0.1) is 7.11 Å². The SMILES string of the molecule is COC(=O)COc1cccc(C(=O)N2CCN(c3ccccn3)CC2)c1. The minimum absolute atomic E-state index is 0.0470. The molecular weight excluding hydrogens is 334 g/mol. The Balaban J connectivity index is 1.59. The van der Waals surface area contributed by atoms with E-state index in [1.807, 2.05) is 23.1 Å². The summed E-state index contributed by atoms with van der Waals surface area (Å²) in [5, 5.41) is 0. The minimum atomic E-state index is -0.465. The lowest BCUT2D eigenvalue weighted by atomic mass is 10.1. The summed E-state index contributed by atoms with van der Waals surface area (Å²) in [5.74, 6) is 0.882. The fraction of sp³-hybridized carbons (Fsp3) is 0.316. The van der Waals surface area contributed by atoms with Crippen LogP contribution in [0.2, 0.25) is 0 Å². The molecule has 26 heavy (non-hydrogen) atoms. The lowest BCUT2D eigenvalue weighted by Gasteiger charge is -2.35. The third-order valence-corrected chi connectivity index (χ3v) is 4.21. The molecule has 1 aromatic heterocycles. The van der Waals surface area contributed by atoms with Crippen LogP contribution in [0.15, 0.2) is 48.7 Å². The third-order valence-electron chi connectivity index (χ3n) is 4.21. The number of methoxy groups -OCH3 is 1. The van der Waals surface area contributed by atoms with Crippen LogP contribution in [0.5, 0.6) is 5.75 Å². The van der Waals surface area contributed by atoms with Crippen molar-refractivity contribution in [2.75, 3.05) is 44.8 Å². The maximum Gasteiger partial charge on any atom is 0.343 e. The fourth-order valence-electron chi connectivity index (χ4n) is 2.78. The number of hydrogen-bond acceptors (Lipinski definition) is 6. The average molecular weight is 355 g/mol. The molecule has 1 fully saturated rings. The molecule has 0 atom stereocenters. The van der Waals surface area contributed by atoms with Crippen LogP contribution in [0.4, 0.5) is 5.82 Å². The van der Waals surface area contributed by atoms with Gasteiger partial charge in [-0.25, -0.2) is 9.78 Å². The zero-order valence-electron chi connectivity index (χ0n) is 14.6. The average Bonchev–Trinajstić information content (AvgIpc) is 2.72. The van der Waals surface area contributed by atoms with Crippen LogP contribution >= 0.6 is 0 Å². The van der Waals surface area contributed by atoms with E-state index in [9.17, 15) is 9.59 Å². The quantitative estimate of drug-likeness (QED) is 0.759. The first-order valence-corrected chi connectivity index (χ1v) is 8.42. The number of carbonyl (C=O) groups is 2. The smallest absolute Gasteiger partial charge is 0.343 e. The second-order valence-electron chi connectivity index (χ2n) is 5.86. The topological polar surface area (TPSA) is 72.0 Å². The first kappa shape index (κ1) is 17.7. The molecular formula is C19H21N3O4. The molecule has 3 rings (SSSR count). The molecule has 0 N–H and O–H groups in total. The molecule has 7 heteroatoms. The number of nitrogens with zero attached hydrogens (tertiary/aromatic N) is 3. The van der Waals surface area contributed by atoms with E-state index in [0.29, 0.717) is 24.4 Å². The molecule has 0 unspecified atom stereocenters. The summed E-state index contributed by atoms with van der Waals surface area (Å²) in [5.41, 5.74) is 0.540. The maximum absolute atomic E-state index is 12.7. The number of rotatable bonds is 5. The molecule has 7 nitrogen and oxygen atoms in total. The highest BCUT2D eigenvalue weighted by atomic mass is 16.6. The van der Waals surface area contributed by atoms with Crippen LogP contribution in [0, 0.1) is 0 Å². The van der Waals surface area contributed by atoms with Crippen LogP contribution in [-0.2, 0) is 9.53 Å². The Bertz CT molecular complexity index is 758. The van der Waals surface area contributed by atoms with Crippen LogP contribution in [0.25, 0.3) is 0 Å². The van der Waals surface area contributed by atoms with Crippen molar-refractivity contribution in [1.82, 2.24) is 9.88 Å². The van der Waals surface area contributed by atoms with E-state index in [2.05, 4.69) is 14.6 Å². The van der Waals surface area contributed by atoms with Crippen molar-refractivity contribution in [2.24, 2.45) is 0 Å². The van der Waals surface area contributed by atoms with Gasteiger partial charge in [-0.05, 0) is 30.3 Å². The second-order valence-corrected chi connectivity index (χ2v) is 5.86. The van der Waals surface area contributed by atoms with Crippen molar-refractivity contribution >= 4 is 17.7 Å². The van der Waals surface area contributed by atoms with E-state index in [-0.39, 0.29) is 12.5 Å². The first-order valence-electron chi connectivity index (χ1n) is 8.42. The highest BCUT2D eigenvalue weighted by molar-refractivity contribution is 5.94. The van der Waals surface area contributed by atoms with Crippen molar-refractivity contribution in [3.05, 3.63) is 54.2 Å². The van der Waals surface area contributed by atoms with Gasteiger partial charge in [-0.15, -0.1) is 0 Å². The highest BCUT2D eigenvalue weighted by Gasteiger charge is 2.23. The van der Waals surface area contributed by atoms with Crippen LogP contribution in [0.3, 0.4) is 0 Å². The van der Waals surface area contributed by atoms with Crippen molar-refractivity contribution < 1.29 is 19.1 Å². The second kappa shape index (κ2) is 8.33. The van der Waals surface area contributed by atoms with Gasteiger partial charge in [-0.3, -0.25) is 4.79 Å². The summed E-state index contributed by atoms with van der Waals surface area (Å²) in [4.78, 5) is 32.2. The summed E-state index contributed by atoms with van der Waals surface area (Å²) in [6, 6.07) is 12.7. The van der Waals surface area contributed by atoms with Gasteiger partial charge < -0.3 is 19.3 Å². The van der Waals surface area contributed by atoms with Crippen molar-refractivity contribution in [1.29, 1.82) is 0 Å². The third kappa shape index (κ3) is 4.30. The minimum Gasteiger partial charge on any atom is -0.482 e. The van der Waals surface area contributed by atoms with Crippen molar-refractivity contribution in [3.63, 3.8) is 0 Å². The predicted molar refractivity (Wildman–Crippen MR) is 96.3 cm³/mol. The number of carbonyl (C=O) groups excluding carboxylic acids is 2. The van der Waals surface area contributed by atoms with Crippen LogP contribution in [-0.4, -0.2) is 61.7 Å². The van der Waals surface area contributed by atoms with E-state index >= 15 is 0 Å². The van der Waals surface area contributed by atoms with E-state index in [0.717, 1.165) is 18.9 Å². The Morgan fingerprint density at radius 3 is 2.58 bits per heavy atom. The normalized spacial score (nSPS) is 14.0. The Hall–Kier alpha value is -3.09. The van der Waals surface area contributed by atoms with Gasteiger partial charge in [0, 0.05) is 37.9 Å². The molecule has 0 bridgehead atoms. The van der Waals surface area contributed by atoms with E-state index in [1.165, 1.54) is 7.11 Å². The van der Waals surface area contributed by atoms with Gasteiger partial charge in [0.2, 0.25) is 0 Å². The Morgan fingerprint density at radius 2 is 1.88 bits per heavy atom. The van der Waals surface area contributed by atoms with Crippen molar-refractivity contribution in [2.45, 2.75) is 0 Å². The first-order chi connectivity index (χ1) is 12.7. The lowest BCUT2D eigenvalue weighted by molar-refractivity contribution is -0.142. The molecule has 0 spiro atoms. The maximum atomic E-state index is 12.7. The lowest BCUT2D eigenvalue weighted by Crippen LogP contribution is -2.49. The van der Waals surface area contributed by atoms with Crippen LogP contribution in [0.1, 0.15) is 10.4 Å². The Kier molecular flexibility index (Phi) is 5.68. The zero-order valence-corrected chi connectivity index (χ0v) is 14.6. The molecule has 1 aromatic carbocycles. The number of amides is 1. The van der Waals surface area contributed by atoms with Crippen LogP contribution < -0.4 is 9.64 Å². The molecule has 136 valence electrons. The van der Waals surface area contributed by atoms with Gasteiger partial charge >= 0.3 is 5.97 Å². The van der Waals surface area contributed by atoms with Gasteiger partial charge in [0.25, 0.3) is 5.91 Å². The van der Waals surface area contributed by atoms with Crippen molar-refractivity contribution in [3.8, 4) is 5.75 Å². The highest BCUT2D eigenvalue weighted by Crippen LogP contribution is 2.18. The number of pyridine rings is 1. The Morgan fingerprint density at radius 1 is 1.08 bits per heavy atom. The fourth-order valence-corrected chi connectivity index (χ4v) is 2.78. The number of aromatic nitrogens is 1. The van der Waals surface area contributed by atoms with E-state index in [4.69, 9.17) is 4.74 Å². The molecule has 0 saturated carbocycles. The number of anilines is 1. The summed E-state index contributed by atoms with van der Waals surface area (Å²) in [7, 11) is 1.30. The number of benzene rings is 1. The van der Waals surface area contributed by atoms with E-state index in [1.54, 1.807) is 30.5 Å². The molecule has 2 aromatic rings. The standard InChI is InChI=1S/C19H21N3O4/c1-25-18(23)14-26-16-6-4-5-15(13-16)19(24)22-11-9-21(10-12-22)17-7-2-3-8-20-17/h2-8,13H,9-12,14H2,1H3.